The highest BCUT2D eigenvalue weighted by Crippen LogP contribution is 2.35. The topological polar surface area (TPSA) is 214 Å². The molecule has 1 fully saturated rings. The lowest BCUT2D eigenvalue weighted by molar-refractivity contribution is -0.140. The Bertz CT molecular complexity index is 2260. The van der Waals surface area contributed by atoms with Gasteiger partial charge >= 0.3 is 6.09 Å². The number of carbonyl (C=O) groups is 7. The number of nitrogens with zero attached hydrogens (tertiary/aromatic N) is 1. The number of ketones is 1. The predicted octanol–water partition coefficient (Wildman–Crippen LogP) is 6.89. The fourth-order valence-electron chi connectivity index (χ4n) is 8.87. The second-order valence-electron chi connectivity index (χ2n) is 18.9. The van der Waals surface area contributed by atoms with Gasteiger partial charge in [-0.2, -0.15) is 0 Å². The van der Waals surface area contributed by atoms with Crippen molar-refractivity contribution in [2.24, 2.45) is 11.8 Å². The lowest BCUT2D eigenvalue weighted by Gasteiger charge is -2.27. The van der Waals surface area contributed by atoms with Crippen LogP contribution in [0, 0.1) is 11.8 Å². The highest BCUT2D eigenvalue weighted by molar-refractivity contribution is 7.91. The van der Waals surface area contributed by atoms with E-state index in [0.717, 1.165) is 57.8 Å². The molecular formula is C52H69N5O10S. The molecule has 3 atom stereocenters. The molecule has 0 spiro atoms. The Morgan fingerprint density at radius 2 is 1.22 bits per heavy atom. The number of alkyl carbamates (subject to hydrolysis) is 1. The predicted molar refractivity (Wildman–Crippen MR) is 258 cm³/mol. The van der Waals surface area contributed by atoms with Crippen LogP contribution in [-0.2, 0) is 40.2 Å². The summed E-state index contributed by atoms with van der Waals surface area (Å²) >= 11 is 0. The third kappa shape index (κ3) is 16.4. The molecule has 16 heteroatoms. The van der Waals surface area contributed by atoms with E-state index in [1.165, 1.54) is 17.0 Å². The normalized spacial score (nSPS) is 15.2. The van der Waals surface area contributed by atoms with Crippen LogP contribution in [0.25, 0.3) is 0 Å². The second kappa shape index (κ2) is 26.0. The Balaban J connectivity index is 1.20. The first-order chi connectivity index (χ1) is 32.5. The number of unbranched alkanes of at least 4 members (excludes halogenated alkanes) is 6. The largest absolute Gasteiger partial charge is 0.444 e. The van der Waals surface area contributed by atoms with Gasteiger partial charge in [0.25, 0.3) is 17.7 Å². The summed E-state index contributed by atoms with van der Waals surface area (Å²) in [5.74, 6) is -4.00. The van der Waals surface area contributed by atoms with Crippen LogP contribution in [0.2, 0.25) is 0 Å². The monoisotopic (exact) mass is 955 g/mol. The third-order valence-electron chi connectivity index (χ3n) is 12.4. The minimum absolute atomic E-state index is 0.0326. The zero-order chi connectivity index (χ0) is 49.1. The van der Waals surface area contributed by atoms with Crippen molar-refractivity contribution in [3.8, 4) is 0 Å². The van der Waals surface area contributed by atoms with Gasteiger partial charge in [-0.1, -0.05) is 106 Å². The molecule has 0 saturated heterocycles. The molecule has 1 aliphatic carbocycles. The van der Waals surface area contributed by atoms with Crippen molar-refractivity contribution in [1.82, 2.24) is 26.2 Å². The molecule has 5 rings (SSSR count). The van der Waals surface area contributed by atoms with Crippen LogP contribution in [0.4, 0.5) is 4.79 Å². The van der Waals surface area contributed by atoms with E-state index in [1.807, 2.05) is 0 Å². The van der Waals surface area contributed by atoms with Gasteiger partial charge in [0.05, 0.1) is 21.8 Å². The van der Waals surface area contributed by atoms with Gasteiger partial charge in [-0.05, 0) is 101 Å². The molecule has 2 aliphatic rings. The number of rotatable bonds is 27. The van der Waals surface area contributed by atoms with Crippen LogP contribution in [0.5, 0.6) is 0 Å². The molecule has 15 nitrogen and oxygen atoms in total. The number of Topliss-reactive ketones (excluding diaryl/α,β-unsaturated/α-hetero) is 1. The zero-order valence-electron chi connectivity index (χ0n) is 39.8. The molecule has 4 N–H and O–H groups in total. The van der Waals surface area contributed by atoms with E-state index in [2.05, 4.69) is 21.3 Å². The maximum absolute atomic E-state index is 14.3. The highest BCUT2D eigenvalue weighted by atomic mass is 32.2. The van der Waals surface area contributed by atoms with Gasteiger partial charge in [0.1, 0.15) is 17.7 Å². The average Bonchev–Trinajstić information content (AvgIpc) is 3.93. The van der Waals surface area contributed by atoms with Gasteiger partial charge in [0.15, 0.2) is 9.84 Å². The Hall–Kier alpha value is -5.90. The smallest absolute Gasteiger partial charge is 0.407 e. The summed E-state index contributed by atoms with van der Waals surface area (Å²) in [4.78, 5) is 95.0. The van der Waals surface area contributed by atoms with Crippen LogP contribution >= 0.6 is 0 Å². The van der Waals surface area contributed by atoms with E-state index < -0.39 is 57.0 Å². The van der Waals surface area contributed by atoms with Gasteiger partial charge in [0.2, 0.25) is 17.6 Å². The van der Waals surface area contributed by atoms with E-state index >= 15 is 0 Å². The van der Waals surface area contributed by atoms with E-state index in [1.54, 1.807) is 93.6 Å². The molecule has 3 aromatic carbocycles. The number of carbonyl (C=O) groups excluding carboxylic acids is 7. The van der Waals surface area contributed by atoms with Crippen LogP contribution < -0.4 is 21.3 Å². The quantitative estimate of drug-likeness (QED) is 0.0353. The van der Waals surface area contributed by atoms with E-state index in [9.17, 15) is 42.0 Å². The van der Waals surface area contributed by atoms with E-state index in [-0.39, 0.29) is 60.4 Å². The molecule has 0 bridgehead atoms. The summed E-state index contributed by atoms with van der Waals surface area (Å²) in [7, 11) is -3.74. The highest BCUT2D eigenvalue weighted by Gasteiger charge is 2.36. The zero-order valence-corrected chi connectivity index (χ0v) is 40.6. The van der Waals surface area contributed by atoms with Gasteiger partial charge in [-0.25, -0.2) is 13.2 Å². The van der Waals surface area contributed by atoms with Crippen molar-refractivity contribution in [1.29, 1.82) is 0 Å². The van der Waals surface area contributed by atoms with Crippen molar-refractivity contribution in [3.63, 3.8) is 0 Å². The number of benzene rings is 3. The number of amides is 6. The molecule has 68 heavy (non-hydrogen) atoms. The van der Waals surface area contributed by atoms with Gasteiger partial charge < -0.3 is 26.0 Å². The van der Waals surface area contributed by atoms with Gasteiger partial charge in [0, 0.05) is 32.0 Å². The van der Waals surface area contributed by atoms with Crippen LogP contribution in [-0.4, -0.2) is 97.8 Å². The summed E-state index contributed by atoms with van der Waals surface area (Å²) < 4.78 is 31.0. The summed E-state index contributed by atoms with van der Waals surface area (Å²) in [6, 6.07) is 21.1. The molecule has 6 amide bonds. The molecule has 0 aromatic heterocycles. The Labute approximate surface area is 401 Å². The first-order valence-corrected chi connectivity index (χ1v) is 25.9. The van der Waals surface area contributed by atoms with Gasteiger partial charge in [-0.3, -0.25) is 33.7 Å². The lowest BCUT2D eigenvalue weighted by atomic mass is 9.85. The van der Waals surface area contributed by atoms with Crippen LogP contribution in [0.3, 0.4) is 0 Å². The fraction of sp³-hybridized carbons (Fsp3) is 0.519. The minimum atomic E-state index is -3.74. The Morgan fingerprint density at radius 3 is 1.85 bits per heavy atom. The average molecular weight is 956 g/mol. The SMILES string of the molecule is CC(C)(C)OC(=O)NCCCC[C@H](NC(=O)[C@H](CCCCCCCCN1C(=O)c2ccccc2C1=O)C1CCCC1)C(=O)N[C@@H](Cc1ccccc1)C(=O)C(=O)NCCS(=O)(=O)c1ccccc1. The van der Waals surface area contributed by atoms with Crippen LogP contribution in [0.1, 0.15) is 137 Å². The first-order valence-electron chi connectivity index (χ1n) is 24.2. The van der Waals surface area contributed by atoms with Crippen molar-refractivity contribution >= 4 is 51.2 Å². The molecule has 368 valence electrons. The lowest BCUT2D eigenvalue weighted by Crippen LogP contribution is -2.55. The first kappa shape index (κ1) is 53.1. The summed E-state index contributed by atoms with van der Waals surface area (Å²) in [5.41, 5.74) is 0.898. The Kier molecular flexibility index (Phi) is 20.3. The second-order valence-corrected chi connectivity index (χ2v) is 21.0. The number of imide groups is 1. The fourth-order valence-corrected chi connectivity index (χ4v) is 10.0. The standard InChI is InChI=1S/C52H69N5O10S/c1-52(2,3)67-51(64)54-32-20-19-31-43(47(60)56-44(36-37-22-10-8-11-23-37)45(58)48(61)53-33-35-68(65,66)39-26-12-9-13-27-39)55-46(59)40(38-24-15-16-25-38)28-14-6-4-5-7-21-34-57-49(62)41-29-17-18-30-42(41)50(57)63/h8-13,17-18,22-23,26-27,29-30,38,40,43-44H,4-7,14-16,19-21,24-25,28,31-36H2,1-3H3,(H,53,61)(H,54,64)(H,55,59)(H,56,60)/t40-,43+,44+/m1/s1. The molecule has 1 aliphatic heterocycles. The number of nitrogens with one attached hydrogen (secondary N) is 4. The summed E-state index contributed by atoms with van der Waals surface area (Å²) in [6.45, 7) is 5.60. The molecular weight excluding hydrogens is 887 g/mol. The van der Waals surface area contributed by atoms with Crippen LogP contribution in [0.15, 0.2) is 89.8 Å². The molecule has 1 heterocycles. The summed E-state index contributed by atoms with van der Waals surface area (Å²) in [5, 5.41) is 10.9. The molecule has 3 aromatic rings. The van der Waals surface area contributed by atoms with Crippen molar-refractivity contribution in [2.75, 3.05) is 25.4 Å². The maximum atomic E-state index is 14.3. The number of ether oxygens (including phenoxy) is 1. The molecule has 0 radical (unpaired) electrons. The van der Waals surface area contributed by atoms with Gasteiger partial charge in [-0.15, -0.1) is 0 Å². The van der Waals surface area contributed by atoms with Crippen molar-refractivity contribution in [2.45, 2.75) is 140 Å². The molecule has 1 saturated carbocycles. The van der Waals surface area contributed by atoms with E-state index in [0.29, 0.717) is 48.9 Å². The minimum Gasteiger partial charge on any atom is -0.444 e. The Morgan fingerprint density at radius 1 is 0.662 bits per heavy atom. The van der Waals surface area contributed by atoms with Crippen molar-refractivity contribution in [3.05, 3.63) is 102 Å². The van der Waals surface area contributed by atoms with Crippen molar-refractivity contribution < 1.29 is 46.7 Å². The number of hydrogen-bond donors (Lipinski definition) is 4. The number of fused-ring (bicyclic) bond motifs is 1. The number of sulfone groups is 1. The summed E-state index contributed by atoms with van der Waals surface area (Å²) in [6.07, 6.45) is 10.0. The third-order valence-corrected chi connectivity index (χ3v) is 14.2. The molecule has 0 unspecified atom stereocenters. The van der Waals surface area contributed by atoms with E-state index in [4.69, 9.17) is 4.74 Å². The maximum Gasteiger partial charge on any atom is 0.407 e. The number of hydrogen-bond acceptors (Lipinski definition) is 10.